The molecule has 1 fully saturated rings. The number of halogens is 3. The molecule has 0 amide bonds. The highest BCUT2D eigenvalue weighted by atomic mass is 35.5. The van der Waals surface area contributed by atoms with Gasteiger partial charge in [-0.05, 0) is 51.8 Å². The highest BCUT2D eigenvalue weighted by molar-refractivity contribution is 6.30. The summed E-state index contributed by atoms with van der Waals surface area (Å²) < 4.78 is 29.4. The molecule has 0 aliphatic carbocycles. The predicted octanol–water partition coefficient (Wildman–Crippen LogP) is 5.65. The standard InChI is InChI=1S/C25H28ClF2N5O2/c1-14-11-22(32-31-14)30-21-8-7-19(27)20(29-21)13-25(24(34)35)9-10-33(15(2)12-25)16(3)17-5-4-6-18(26)23(17)28/h4-8,11,15-16H,9-10,12-13H2,1-3H3,(H,34,35)(H2,29,30,31,32)/t15-,16?,25-/m1/s1. The van der Waals surface area contributed by atoms with Crippen LogP contribution >= 0.6 is 11.6 Å². The van der Waals surface area contributed by atoms with Gasteiger partial charge in [0.1, 0.15) is 17.5 Å². The Morgan fingerprint density at radius 2 is 2.11 bits per heavy atom. The second-order valence-electron chi connectivity index (χ2n) is 9.31. The Morgan fingerprint density at radius 3 is 2.77 bits per heavy atom. The number of rotatable bonds is 7. The smallest absolute Gasteiger partial charge is 0.310 e. The maximum atomic E-state index is 14.7. The van der Waals surface area contributed by atoms with E-state index in [2.05, 4.69) is 25.4 Å². The Hall–Kier alpha value is -3.04. The zero-order chi connectivity index (χ0) is 25.3. The van der Waals surface area contributed by atoms with Crippen molar-refractivity contribution in [2.24, 2.45) is 5.41 Å². The first kappa shape index (κ1) is 25.1. The van der Waals surface area contributed by atoms with E-state index >= 15 is 0 Å². The summed E-state index contributed by atoms with van der Waals surface area (Å²) in [5, 5.41) is 20.2. The molecule has 0 radical (unpaired) electrons. The van der Waals surface area contributed by atoms with Crippen LogP contribution in [0.1, 0.15) is 49.7 Å². The van der Waals surface area contributed by atoms with Crippen molar-refractivity contribution in [3.8, 4) is 0 Å². The summed E-state index contributed by atoms with van der Waals surface area (Å²) >= 11 is 5.97. The highest BCUT2D eigenvalue weighted by Crippen LogP contribution is 2.42. The number of likely N-dealkylation sites (tertiary alicyclic amines) is 1. The van der Waals surface area contributed by atoms with Crippen molar-refractivity contribution in [3.63, 3.8) is 0 Å². The number of anilines is 2. The number of piperidine rings is 1. The molecule has 0 saturated carbocycles. The lowest BCUT2D eigenvalue weighted by Crippen LogP contribution is -2.51. The van der Waals surface area contributed by atoms with E-state index in [0.717, 1.165) is 5.69 Å². The van der Waals surface area contributed by atoms with Gasteiger partial charge in [-0.3, -0.25) is 14.8 Å². The molecule has 35 heavy (non-hydrogen) atoms. The molecule has 3 atom stereocenters. The van der Waals surface area contributed by atoms with Crippen LogP contribution in [0.3, 0.4) is 0 Å². The van der Waals surface area contributed by atoms with Crippen molar-refractivity contribution in [3.05, 3.63) is 70.0 Å². The first-order chi connectivity index (χ1) is 16.6. The lowest BCUT2D eigenvalue weighted by Gasteiger charge is -2.46. The van der Waals surface area contributed by atoms with Crippen LogP contribution in [0.5, 0.6) is 0 Å². The average molecular weight is 504 g/mol. The third kappa shape index (κ3) is 5.16. The molecule has 1 aromatic carbocycles. The molecular formula is C25H28ClF2N5O2. The van der Waals surface area contributed by atoms with Crippen molar-refractivity contribution >= 4 is 29.2 Å². The van der Waals surface area contributed by atoms with Gasteiger partial charge in [-0.15, -0.1) is 0 Å². The van der Waals surface area contributed by atoms with Crippen molar-refractivity contribution in [2.75, 3.05) is 11.9 Å². The molecule has 3 aromatic rings. The average Bonchev–Trinajstić information content (AvgIpc) is 3.22. The number of aromatic amines is 1. The van der Waals surface area contributed by atoms with Gasteiger partial charge in [-0.1, -0.05) is 23.7 Å². The number of hydrogen-bond donors (Lipinski definition) is 3. The van der Waals surface area contributed by atoms with Gasteiger partial charge in [0.15, 0.2) is 5.82 Å². The minimum absolute atomic E-state index is 0.0542. The second-order valence-corrected chi connectivity index (χ2v) is 9.72. The number of carboxylic acid groups (broad SMARTS) is 1. The summed E-state index contributed by atoms with van der Waals surface area (Å²) in [5.41, 5.74) is 0.205. The number of benzene rings is 1. The summed E-state index contributed by atoms with van der Waals surface area (Å²) in [7, 11) is 0. The van der Waals surface area contributed by atoms with Crippen LogP contribution in [-0.4, -0.2) is 43.7 Å². The number of pyridine rings is 1. The molecule has 1 unspecified atom stereocenters. The molecule has 7 nitrogen and oxygen atoms in total. The molecule has 1 saturated heterocycles. The van der Waals surface area contributed by atoms with Crippen molar-refractivity contribution < 1.29 is 18.7 Å². The van der Waals surface area contributed by atoms with Gasteiger partial charge in [0.2, 0.25) is 0 Å². The van der Waals surface area contributed by atoms with Crippen LogP contribution in [0, 0.1) is 24.0 Å². The van der Waals surface area contributed by atoms with Crippen LogP contribution in [0.15, 0.2) is 36.4 Å². The molecule has 2 aromatic heterocycles. The maximum Gasteiger partial charge on any atom is 0.310 e. The van der Waals surface area contributed by atoms with Crippen LogP contribution in [0.4, 0.5) is 20.4 Å². The monoisotopic (exact) mass is 503 g/mol. The predicted molar refractivity (Wildman–Crippen MR) is 130 cm³/mol. The van der Waals surface area contributed by atoms with Crippen molar-refractivity contribution in [1.29, 1.82) is 0 Å². The number of aryl methyl sites for hydroxylation is 1. The van der Waals surface area contributed by atoms with Gasteiger partial charge in [0.25, 0.3) is 0 Å². The molecule has 0 spiro atoms. The third-order valence-corrected chi connectivity index (χ3v) is 7.16. The van der Waals surface area contributed by atoms with Crippen LogP contribution in [0.25, 0.3) is 0 Å². The zero-order valence-corrected chi connectivity index (χ0v) is 20.5. The van der Waals surface area contributed by atoms with Gasteiger partial charge in [0, 0.05) is 42.4 Å². The maximum absolute atomic E-state index is 14.7. The van der Waals surface area contributed by atoms with Crippen molar-refractivity contribution in [2.45, 2.75) is 52.1 Å². The number of aliphatic carboxylic acids is 1. The normalized spacial score (nSPS) is 21.6. The number of aromatic nitrogens is 3. The molecule has 1 aliphatic rings. The van der Waals surface area contributed by atoms with E-state index in [-0.39, 0.29) is 42.1 Å². The van der Waals surface area contributed by atoms with Crippen LogP contribution in [-0.2, 0) is 11.2 Å². The molecule has 3 heterocycles. The molecular weight excluding hydrogens is 476 g/mol. The van der Waals surface area contributed by atoms with Gasteiger partial charge in [-0.25, -0.2) is 13.8 Å². The van der Waals surface area contributed by atoms with E-state index in [1.165, 1.54) is 18.2 Å². The fourth-order valence-corrected chi connectivity index (χ4v) is 5.17. The van der Waals surface area contributed by atoms with Crippen LogP contribution in [0.2, 0.25) is 5.02 Å². The highest BCUT2D eigenvalue weighted by Gasteiger charge is 2.46. The Morgan fingerprint density at radius 1 is 1.34 bits per heavy atom. The summed E-state index contributed by atoms with van der Waals surface area (Å²) in [4.78, 5) is 18.9. The number of hydrogen-bond acceptors (Lipinski definition) is 5. The molecule has 1 aliphatic heterocycles. The van der Waals surface area contributed by atoms with E-state index in [0.29, 0.717) is 23.7 Å². The quantitative estimate of drug-likeness (QED) is 0.386. The second kappa shape index (κ2) is 9.91. The van der Waals surface area contributed by atoms with Gasteiger partial charge < -0.3 is 10.4 Å². The first-order valence-corrected chi connectivity index (χ1v) is 11.8. The van der Waals surface area contributed by atoms with Crippen LogP contribution < -0.4 is 5.32 Å². The third-order valence-electron chi connectivity index (χ3n) is 6.87. The Bertz CT molecular complexity index is 1240. The number of H-pyrrole nitrogens is 1. The van der Waals surface area contributed by atoms with E-state index in [1.807, 2.05) is 20.8 Å². The molecule has 10 heteroatoms. The molecule has 186 valence electrons. The lowest BCUT2D eigenvalue weighted by molar-refractivity contribution is -0.154. The zero-order valence-electron chi connectivity index (χ0n) is 19.8. The SMILES string of the molecule is Cc1cc(Nc2ccc(F)c(C[C@@]3(C(=O)O)CCN(C(C)c4cccc(Cl)c4F)[C@H](C)C3)n2)n[nH]1. The van der Waals surface area contributed by atoms with Gasteiger partial charge >= 0.3 is 5.97 Å². The number of carboxylic acids is 1. The Balaban J connectivity index is 1.55. The number of carbonyl (C=O) groups is 1. The summed E-state index contributed by atoms with van der Waals surface area (Å²) in [6.07, 6.45) is 0.490. The van der Waals surface area contributed by atoms with Gasteiger partial charge in [0.05, 0.1) is 16.1 Å². The van der Waals surface area contributed by atoms with E-state index < -0.39 is 23.0 Å². The lowest BCUT2D eigenvalue weighted by atomic mass is 9.71. The fraction of sp³-hybridized carbons (Fsp3) is 0.400. The minimum Gasteiger partial charge on any atom is -0.481 e. The topological polar surface area (TPSA) is 94.1 Å². The minimum atomic E-state index is -1.20. The number of nitrogens with zero attached hydrogens (tertiary/aromatic N) is 3. The Labute approximate surface area is 207 Å². The fourth-order valence-electron chi connectivity index (χ4n) is 4.99. The summed E-state index contributed by atoms with van der Waals surface area (Å²) in [6, 6.07) is 8.96. The number of nitrogens with one attached hydrogen (secondary N) is 2. The van der Waals surface area contributed by atoms with E-state index in [9.17, 15) is 18.7 Å². The summed E-state index contributed by atoms with van der Waals surface area (Å²) in [6.45, 7) is 6.06. The Kier molecular flexibility index (Phi) is 7.10. The largest absolute Gasteiger partial charge is 0.481 e. The molecule has 4 rings (SSSR count). The first-order valence-electron chi connectivity index (χ1n) is 11.5. The van der Waals surface area contributed by atoms with Gasteiger partial charge in [-0.2, -0.15) is 5.10 Å². The van der Waals surface area contributed by atoms with E-state index in [1.54, 1.807) is 18.2 Å². The summed E-state index contributed by atoms with van der Waals surface area (Å²) in [5.74, 6) is -1.10. The molecule has 3 N–H and O–H groups in total. The van der Waals surface area contributed by atoms with E-state index in [4.69, 9.17) is 11.6 Å². The van der Waals surface area contributed by atoms with Crippen molar-refractivity contribution in [1.82, 2.24) is 20.1 Å². The molecule has 0 bridgehead atoms.